The molecular weight excluding hydrogens is 202 g/mol. The fraction of sp³-hybridized carbons (Fsp3) is 0.833. The van der Waals surface area contributed by atoms with Gasteiger partial charge in [0, 0.05) is 6.42 Å². The molecule has 16 heavy (non-hydrogen) atoms. The molecule has 0 aliphatic carbocycles. The van der Waals surface area contributed by atoms with Crippen LogP contribution in [-0.2, 0) is 6.42 Å². The predicted octanol–water partition coefficient (Wildman–Crippen LogP) is 2.47. The minimum absolute atomic E-state index is 0.275. The quantitative estimate of drug-likeness (QED) is 0.852. The lowest BCUT2D eigenvalue weighted by atomic mass is 9.90. The summed E-state index contributed by atoms with van der Waals surface area (Å²) in [7, 11) is 0. The highest BCUT2D eigenvalue weighted by molar-refractivity contribution is 4.95. The summed E-state index contributed by atoms with van der Waals surface area (Å²) in [4.78, 5) is 4.45. The molecule has 1 aliphatic heterocycles. The van der Waals surface area contributed by atoms with E-state index < -0.39 is 0 Å². The molecule has 1 saturated heterocycles. The molecule has 0 bridgehead atoms. The van der Waals surface area contributed by atoms with E-state index in [1.54, 1.807) is 0 Å². The zero-order valence-corrected chi connectivity index (χ0v) is 10.2. The summed E-state index contributed by atoms with van der Waals surface area (Å²) in [6, 6.07) is 0.275. The molecule has 2 atom stereocenters. The van der Waals surface area contributed by atoms with E-state index in [1.165, 1.54) is 12.8 Å². The molecule has 4 heteroatoms. The summed E-state index contributed by atoms with van der Waals surface area (Å²) < 4.78 is 5.33. The van der Waals surface area contributed by atoms with Gasteiger partial charge in [-0.1, -0.05) is 25.4 Å². The molecule has 4 nitrogen and oxygen atoms in total. The van der Waals surface area contributed by atoms with Crippen molar-refractivity contribution in [3.05, 3.63) is 11.7 Å². The molecule has 0 saturated carbocycles. The molecule has 0 spiro atoms. The van der Waals surface area contributed by atoms with Crippen LogP contribution in [0.5, 0.6) is 0 Å². The van der Waals surface area contributed by atoms with Crippen LogP contribution >= 0.6 is 0 Å². The van der Waals surface area contributed by atoms with Gasteiger partial charge >= 0.3 is 0 Å². The second-order valence-corrected chi connectivity index (χ2v) is 4.60. The van der Waals surface area contributed by atoms with Crippen LogP contribution in [0.1, 0.15) is 57.3 Å². The highest BCUT2D eigenvalue weighted by atomic mass is 16.5. The second-order valence-electron chi connectivity index (χ2n) is 4.60. The minimum atomic E-state index is 0.275. The smallest absolute Gasteiger partial charge is 0.243 e. The first kappa shape index (κ1) is 11.6. The van der Waals surface area contributed by atoms with Crippen molar-refractivity contribution in [1.82, 2.24) is 15.5 Å². The Morgan fingerprint density at radius 1 is 1.44 bits per heavy atom. The number of rotatable bonds is 4. The molecule has 2 unspecified atom stereocenters. The van der Waals surface area contributed by atoms with E-state index in [0.717, 1.165) is 43.4 Å². The van der Waals surface area contributed by atoms with E-state index >= 15 is 0 Å². The Bertz CT molecular complexity index is 324. The molecule has 1 fully saturated rings. The van der Waals surface area contributed by atoms with Crippen LogP contribution in [-0.4, -0.2) is 16.7 Å². The highest BCUT2D eigenvalue weighted by Crippen LogP contribution is 2.28. The van der Waals surface area contributed by atoms with E-state index in [2.05, 4.69) is 29.3 Å². The van der Waals surface area contributed by atoms with Gasteiger partial charge in [0.15, 0.2) is 5.82 Å². The SMILES string of the molecule is CCCc1noc(C2CC(CC)CCN2)n1. The Kier molecular flexibility index (Phi) is 3.93. The van der Waals surface area contributed by atoms with Crippen molar-refractivity contribution in [2.24, 2.45) is 5.92 Å². The Labute approximate surface area is 96.8 Å². The predicted molar refractivity (Wildman–Crippen MR) is 62.1 cm³/mol. The summed E-state index contributed by atoms with van der Waals surface area (Å²) in [5.41, 5.74) is 0. The molecule has 1 aromatic heterocycles. The summed E-state index contributed by atoms with van der Waals surface area (Å²) in [5.74, 6) is 2.42. The molecule has 90 valence electrons. The number of piperidine rings is 1. The van der Waals surface area contributed by atoms with E-state index in [9.17, 15) is 0 Å². The molecule has 1 aliphatic rings. The van der Waals surface area contributed by atoms with Gasteiger partial charge < -0.3 is 9.84 Å². The number of hydrogen-bond acceptors (Lipinski definition) is 4. The third kappa shape index (κ3) is 2.61. The molecule has 0 amide bonds. The lowest BCUT2D eigenvalue weighted by Gasteiger charge is -2.27. The number of nitrogens with one attached hydrogen (secondary N) is 1. The Morgan fingerprint density at radius 3 is 3.06 bits per heavy atom. The lowest BCUT2D eigenvalue weighted by Crippen LogP contribution is -2.31. The van der Waals surface area contributed by atoms with E-state index in [0.29, 0.717) is 0 Å². The van der Waals surface area contributed by atoms with Crippen molar-refractivity contribution >= 4 is 0 Å². The third-order valence-electron chi connectivity index (χ3n) is 3.35. The van der Waals surface area contributed by atoms with Crippen LogP contribution in [0, 0.1) is 5.92 Å². The largest absolute Gasteiger partial charge is 0.338 e. The van der Waals surface area contributed by atoms with Gasteiger partial charge in [0.05, 0.1) is 6.04 Å². The van der Waals surface area contributed by atoms with Crippen LogP contribution in [0.2, 0.25) is 0 Å². The molecule has 2 rings (SSSR count). The Morgan fingerprint density at radius 2 is 2.31 bits per heavy atom. The maximum absolute atomic E-state index is 5.33. The summed E-state index contributed by atoms with van der Waals surface area (Å²) in [6.07, 6.45) is 5.61. The van der Waals surface area contributed by atoms with Gasteiger partial charge in [0.2, 0.25) is 5.89 Å². The number of aryl methyl sites for hydroxylation is 1. The van der Waals surface area contributed by atoms with Crippen molar-refractivity contribution in [3.8, 4) is 0 Å². The van der Waals surface area contributed by atoms with Gasteiger partial charge in [-0.05, 0) is 31.7 Å². The van der Waals surface area contributed by atoms with Gasteiger partial charge in [-0.2, -0.15) is 4.98 Å². The summed E-state index contributed by atoms with van der Waals surface area (Å²) in [5, 5.41) is 7.46. The zero-order valence-electron chi connectivity index (χ0n) is 10.2. The number of nitrogens with zero attached hydrogens (tertiary/aromatic N) is 2. The summed E-state index contributed by atoms with van der Waals surface area (Å²) >= 11 is 0. The monoisotopic (exact) mass is 223 g/mol. The molecule has 0 aromatic carbocycles. The van der Waals surface area contributed by atoms with Gasteiger partial charge in [0.1, 0.15) is 0 Å². The first-order valence-corrected chi connectivity index (χ1v) is 6.39. The van der Waals surface area contributed by atoms with Crippen molar-refractivity contribution < 1.29 is 4.52 Å². The zero-order chi connectivity index (χ0) is 11.4. The highest BCUT2D eigenvalue weighted by Gasteiger charge is 2.25. The van der Waals surface area contributed by atoms with Gasteiger partial charge in [0.25, 0.3) is 0 Å². The van der Waals surface area contributed by atoms with Crippen molar-refractivity contribution in [2.75, 3.05) is 6.54 Å². The topological polar surface area (TPSA) is 51.0 Å². The first-order chi connectivity index (χ1) is 7.83. The number of aromatic nitrogens is 2. The van der Waals surface area contributed by atoms with Gasteiger partial charge in [-0.15, -0.1) is 0 Å². The molecule has 2 heterocycles. The normalized spacial score (nSPS) is 25.9. The molecular formula is C12H21N3O. The standard InChI is InChI=1S/C12H21N3O/c1-3-5-11-14-12(16-15-11)10-8-9(4-2)6-7-13-10/h9-10,13H,3-8H2,1-2H3. The molecule has 1 N–H and O–H groups in total. The van der Waals surface area contributed by atoms with E-state index in [4.69, 9.17) is 4.52 Å². The minimum Gasteiger partial charge on any atom is -0.338 e. The average molecular weight is 223 g/mol. The average Bonchev–Trinajstić information content (AvgIpc) is 2.78. The first-order valence-electron chi connectivity index (χ1n) is 6.39. The fourth-order valence-electron chi connectivity index (χ4n) is 2.29. The lowest BCUT2D eigenvalue weighted by molar-refractivity contribution is 0.245. The maximum Gasteiger partial charge on any atom is 0.243 e. The molecule has 0 radical (unpaired) electrons. The second kappa shape index (κ2) is 5.43. The van der Waals surface area contributed by atoms with Gasteiger partial charge in [-0.3, -0.25) is 0 Å². The van der Waals surface area contributed by atoms with E-state index in [-0.39, 0.29) is 6.04 Å². The van der Waals surface area contributed by atoms with Crippen LogP contribution in [0.25, 0.3) is 0 Å². The van der Waals surface area contributed by atoms with Crippen LogP contribution in [0.4, 0.5) is 0 Å². The third-order valence-corrected chi connectivity index (χ3v) is 3.35. The van der Waals surface area contributed by atoms with Crippen LogP contribution in [0.15, 0.2) is 4.52 Å². The Hall–Kier alpha value is -0.900. The van der Waals surface area contributed by atoms with Crippen molar-refractivity contribution in [1.29, 1.82) is 0 Å². The molecule has 1 aromatic rings. The Balaban J connectivity index is 1.99. The van der Waals surface area contributed by atoms with Crippen molar-refractivity contribution in [3.63, 3.8) is 0 Å². The fourth-order valence-corrected chi connectivity index (χ4v) is 2.29. The maximum atomic E-state index is 5.33. The van der Waals surface area contributed by atoms with E-state index in [1.807, 2.05) is 0 Å². The van der Waals surface area contributed by atoms with Crippen LogP contribution in [0.3, 0.4) is 0 Å². The van der Waals surface area contributed by atoms with Crippen molar-refractivity contribution in [2.45, 2.75) is 52.0 Å². The van der Waals surface area contributed by atoms with Crippen LogP contribution < -0.4 is 5.32 Å². The van der Waals surface area contributed by atoms with Gasteiger partial charge in [-0.25, -0.2) is 0 Å². The number of hydrogen-bond donors (Lipinski definition) is 1. The summed E-state index contributed by atoms with van der Waals surface area (Å²) in [6.45, 7) is 5.44.